The van der Waals surface area contributed by atoms with E-state index < -0.39 is 15.0 Å². The lowest BCUT2D eigenvalue weighted by Gasteiger charge is -2.16. The summed E-state index contributed by atoms with van der Waals surface area (Å²) in [6.45, 7) is 1.48. The van der Waals surface area contributed by atoms with Crippen LogP contribution >= 0.6 is 23.2 Å². The van der Waals surface area contributed by atoms with Gasteiger partial charge < -0.3 is 0 Å². The van der Waals surface area contributed by atoms with Gasteiger partial charge in [-0.3, -0.25) is 0 Å². The maximum absolute atomic E-state index is 10.6. The van der Waals surface area contributed by atoms with Gasteiger partial charge in [0.2, 0.25) is 10.0 Å². The van der Waals surface area contributed by atoms with Gasteiger partial charge in [0.25, 0.3) is 0 Å². The second-order valence-electron chi connectivity index (χ2n) is 2.24. The van der Waals surface area contributed by atoms with E-state index in [9.17, 15) is 8.42 Å². The molecular weight excluding hydrogens is 209 g/mol. The summed E-state index contributed by atoms with van der Waals surface area (Å²) < 4.78 is 23.5. The van der Waals surface area contributed by atoms with Crippen LogP contribution < -0.4 is 4.72 Å². The van der Waals surface area contributed by atoms with Crippen molar-refractivity contribution in [3.63, 3.8) is 0 Å². The van der Waals surface area contributed by atoms with Crippen molar-refractivity contribution >= 4 is 33.2 Å². The van der Waals surface area contributed by atoms with Gasteiger partial charge in [0.15, 0.2) is 0 Å². The van der Waals surface area contributed by atoms with Gasteiger partial charge in [0.1, 0.15) is 5.00 Å². The van der Waals surface area contributed by atoms with Crippen LogP contribution in [0.5, 0.6) is 0 Å². The van der Waals surface area contributed by atoms with Crippen LogP contribution in [0.1, 0.15) is 6.92 Å². The van der Waals surface area contributed by atoms with E-state index in [1.165, 1.54) is 13.0 Å². The molecule has 0 saturated heterocycles. The smallest absolute Gasteiger partial charge is 0.210 e. The largest absolute Gasteiger partial charge is 0.213 e. The van der Waals surface area contributed by atoms with Gasteiger partial charge >= 0.3 is 0 Å². The number of halogens is 2. The van der Waals surface area contributed by atoms with Crippen molar-refractivity contribution in [2.75, 3.05) is 6.26 Å². The highest BCUT2D eigenvalue weighted by Gasteiger charge is 2.20. The SMILES string of the molecule is CC(Cl)(/C=C/Cl)NS(C)(=O)=O. The van der Waals surface area contributed by atoms with E-state index in [-0.39, 0.29) is 0 Å². The van der Waals surface area contributed by atoms with E-state index in [4.69, 9.17) is 23.2 Å². The highest BCUT2D eigenvalue weighted by Crippen LogP contribution is 2.13. The van der Waals surface area contributed by atoms with Crippen molar-refractivity contribution in [3.8, 4) is 0 Å². The first kappa shape index (κ1) is 11.2. The summed E-state index contributed by atoms with van der Waals surface area (Å²) in [6, 6.07) is 0. The molecule has 1 unspecified atom stereocenters. The minimum atomic E-state index is -3.30. The Morgan fingerprint density at radius 1 is 1.55 bits per heavy atom. The summed E-state index contributed by atoms with van der Waals surface area (Å²) in [5.41, 5.74) is 1.16. The zero-order chi connectivity index (χ0) is 9.12. The van der Waals surface area contributed by atoms with Gasteiger partial charge in [-0.05, 0) is 13.0 Å². The van der Waals surface area contributed by atoms with Crippen molar-refractivity contribution in [1.82, 2.24) is 4.72 Å². The minimum Gasteiger partial charge on any atom is -0.213 e. The number of sulfonamides is 1. The number of hydrogen-bond acceptors (Lipinski definition) is 2. The van der Waals surface area contributed by atoms with Crippen LogP contribution in [0.2, 0.25) is 0 Å². The van der Waals surface area contributed by atoms with Gasteiger partial charge in [-0.15, -0.1) is 0 Å². The lowest BCUT2D eigenvalue weighted by atomic mass is 10.4. The molecule has 0 heterocycles. The van der Waals surface area contributed by atoms with Gasteiger partial charge in [0.05, 0.1) is 6.26 Å². The molecule has 0 aliphatic rings. The maximum atomic E-state index is 10.6. The molecule has 6 heteroatoms. The summed E-state index contributed by atoms with van der Waals surface area (Å²) in [5, 5.41) is 0. The van der Waals surface area contributed by atoms with Gasteiger partial charge in [0, 0.05) is 5.54 Å². The molecule has 0 fully saturated rings. The molecule has 1 N–H and O–H groups in total. The molecule has 0 saturated carbocycles. The fourth-order valence-electron chi connectivity index (χ4n) is 0.515. The van der Waals surface area contributed by atoms with Crippen LogP contribution in [-0.2, 0) is 10.0 Å². The molecule has 0 aliphatic heterocycles. The first-order valence-corrected chi connectivity index (χ1v) is 5.43. The van der Waals surface area contributed by atoms with E-state index in [1.54, 1.807) is 0 Å². The topological polar surface area (TPSA) is 46.2 Å². The molecule has 0 spiro atoms. The molecule has 0 rings (SSSR count). The van der Waals surface area contributed by atoms with Gasteiger partial charge in [-0.2, -0.15) is 4.72 Å². The molecule has 0 aliphatic carbocycles. The van der Waals surface area contributed by atoms with Crippen LogP contribution in [0.4, 0.5) is 0 Å². The molecule has 0 aromatic heterocycles. The van der Waals surface area contributed by atoms with E-state index in [0.29, 0.717) is 0 Å². The number of nitrogens with one attached hydrogen (secondary N) is 1. The fourth-order valence-corrected chi connectivity index (χ4v) is 2.11. The molecule has 0 amide bonds. The van der Waals surface area contributed by atoms with Crippen LogP contribution in [-0.4, -0.2) is 19.7 Å². The Morgan fingerprint density at radius 2 is 2.00 bits per heavy atom. The quantitative estimate of drug-likeness (QED) is 0.572. The van der Waals surface area contributed by atoms with Crippen LogP contribution in [0.3, 0.4) is 0 Å². The molecule has 11 heavy (non-hydrogen) atoms. The van der Waals surface area contributed by atoms with Crippen LogP contribution in [0, 0.1) is 0 Å². The average Bonchev–Trinajstić information content (AvgIpc) is 1.55. The lowest BCUT2D eigenvalue weighted by molar-refractivity contribution is 0.574. The second-order valence-corrected chi connectivity index (χ2v) is 5.03. The number of alkyl halides is 1. The number of hydrogen-bond donors (Lipinski definition) is 1. The minimum absolute atomic E-state index is 1.02. The molecular formula is C5H9Cl2NO2S. The molecule has 0 radical (unpaired) electrons. The monoisotopic (exact) mass is 217 g/mol. The number of rotatable bonds is 3. The molecule has 0 aromatic carbocycles. The second kappa shape index (κ2) is 3.76. The Kier molecular flexibility index (Phi) is 3.84. The molecule has 3 nitrogen and oxygen atoms in total. The Morgan fingerprint density at radius 3 is 2.27 bits per heavy atom. The van der Waals surface area contributed by atoms with E-state index in [2.05, 4.69) is 4.72 Å². The summed E-state index contributed by atoms with van der Waals surface area (Å²) in [5.74, 6) is 0. The summed E-state index contributed by atoms with van der Waals surface area (Å²) in [6.07, 6.45) is 2.35. The Hall–Kier alpha value is 0.230. The van der Waals surface area contributed by atoms with Crippen molar-refractivity contribution in [2.45, 2.75) is 11.9 Å². The highest BCUT2D eigenvalue weighted by molar-refractivity contribution is 7.88. The zero-order valence-electron chi connectivity index (χ0n) is 6.14. The lowest BCUT2D eigenvalue weighted by Crippen LogP contribution is -2.38. The normalized spacial score (nSPS) is 18.5. The third kappa shape index (κ3) is 6.62. The first-order valence-electron chi connectivity index (χ1n) is 2.72. The summed E-state index contributed by atoms with van der Waals surface area (Å²) >= 11 is 10.9. The van der Waals surface area contributed by atoms with E-state index in [1.807, 2.05) is 0 Å². The molecule has 66 valence electrons. The third-order valence-electron chi connectivity index (χ3n) is 0.761. The maximum Gasteiger partial charge on any atom is 0.210 e. The standard InChI is InChI=1S/C5H9Cl2NO2S/c1-5(7,3-4-6)8-11(2,9)10/h3-4,8H,1-2H3/b4-3+. The van der Waals surface area contributed by atoms with Crippen molar-refractivity contribution in [1.29, 1.82) is 0 Å². The van der Waals surface area contributed by atoms with Gasteiger partial charge in [-0.25, -0.2) is 8.42 Å². The van der Waals surface area contributed by atoms with Crippen molar-refractivity contribution in [3.05, 3.63) is 11.6 Å². The Bertz CT molecular complexity index is 245. The molecule has 0 bridgehead atoms. The Labute approximate surface area is 76.4 Å². The third-order valence-corrected chi connectivity index (χ3v) is 2.01. The van der Waals surface area contributed by atoms with Crippen LogP contribution in [0.25, 0.3) is 0 Å². The summed E-state index contributed by atoms with van der Waals surface area (Å²) in [7, 11) is -3.30. The fraction of sp³-hybridized carbons (Fsp3) is 0.600. The van der Waals surface area contributed by atoms with Gasteiger partial charge in [-0.1, -0.05) is 23.2 Å². The first-order chi connectivity index (χ1) is 4.77. The van der Waals surface area contributed by atoms with E-state index in [0.717, 1.165) is 11.8 Å². The van der Waals surface area contributed by atoms with Crippen molar-refractivity contribution in [2.24, 2.45) is 0 Å². The van der Waals surface area contributed by atoms with E-state index >= 15 is 0 Å². The predicted molar refractivity (Wildman–Crippen MR) is 47.2 cm³/mol. The van der Waals surface area contributed by atoms with Crippen LogP contribution in [0.15, 0.2) is 11.6 Å². The zero-order valence-corrected chi connectivity index (χ0v) is 8.46. The highest BCUT2D eigenvalue weighted by atomic mass is 35.5. The average molecular weight is 218 g/mol. The molecule has 0 aromatic rings. The molecule has 1 atom stereocenters. The predicted octanol–water partition coefficient (Wildman–Crippen LogP) is 1.24. The Balaban J connectivity index is 4.37. The van der Waals surface area contributed by atoms with Crippen molar-refractivity contribution < 1.29 is 8.42 Å². The summed E-state index contributed by atoms with van der Waals surface area (Å²) in [4.78, 5) is -1.14.